The predicted octanol–water partition coefficient (Wildman–Crippen LogP) is 3.61. The summed E-state index contributed by atoms with van der Waals surface area (Å²) in [5.74, 6) is 0.917. The molecule has 0 spiro atoms. The smallest absolute Gasteiger partial charge is 0.343 e. The molecule has 2 rings (SSSR count). The standard InChI is InChI=1S/C16H16O3/c1-3-18-14-7-9-15(10-8-14)19-16(17)13-6-4-5-12(2)11-13/h4-11H,3H2,1-2H3. The molecule has 0 aromatic heterocycles. The van der Waals surface area contributed by atoms with E-state index >= 15 is 0 Å². The van der Waals surface area contributed by atoms with Crippen LogP contribution in [0.5, 0.6) is 11.5 Å². The van der Waals surface area contributed by atoms with E-state index in [9.17, 15) is 4.79 Å². The summed E-state index contributed by atoms with van der Waals surface area (Å²) in [5.41, 5.74) is 1.58. The van der Waals surface area contributed by atoms with Crippen LogP contribution in [-0.4, -0.2) is 12.6 Å². The highest BCUT2D eigenvalue weighted by atomic mass is 16.5. The second kappa shape index (κ2) is 6.05. The van der Waals surface area contributed by atoms with Gasteiger partial charge in [-0.05, 0) is 50.2 Å². The van der Waals surface area contributed by atoms with Crippen molar-refractivity contribution >= 4 is 5.97 Å². The van der Waals surface area contributed by atoms with Crippen LogP contribution in [0, 0.1) is 6.92 Å². The van der Waals surface area contributed by atoms with Crippen LogP contribution in [0.25, 0.3) is 0 Å². The molecule has 0 unspecified atom stereocenters. The second-order valence-electron chi connectivity index (χ2n) is 4.16. The normalized spacial score (nSPS) is 10.0. The molecule has 0 aliphatic carbocycles. The van der Waals surface area contributed by atoms with Crippen LogP contribution in [-0.2, 0) is 0 Å². The number of ether oxygens (including phenoxy) is 2. The van der Waals surface area contributed by atoms with Crippen molar-refractivity contribution in [3.05, 3.63) is 59.7 Å². The van der Waals surface area contributed by atoms with Crippen molar-refractivity contribution in [1.82, 2.24) is 0 Å². The second-order valence-corrected chi connectivity index (χ2v) is 4.16. The molecule has 19 heavy (non-hydrogen) atoms. The largest absolute Gasteiger partial charge is 0.494 e. The fraction of sp³-hybridized carbons (Fsp3) is 0.188. The summed E-state index contributed by atoms with van der Waals surface area (Å²) < 4.78 is 10.6. The Hall–Kier alpha value is -2.29. The molecule has 0 fully saturated rings. The van der Waals surface area contributed by atoms with Gasteiger partial charge in [0.15, 0.2) is 0 Å². The third-order valence-corrected chi connectivity index (χ3v) is 2.60. The average molecular weight is 256 g/mol. The molecule has 0 N–H and O–H groups in total. The maximum Gasteiger partial charge on any atom is 0.343 e. The summed E-state index contributed by atoms with van der Waals surface area (Å²) in [6, 6.07) is 14.3. The highest BCUT2D eigenvalue weighted by Gasteiger charge is 2.08. The molecule has 0 saturated heterocycles. The number of hydrogen-bond acceptors (Lipinski definition) is 3. The zero-order valence-corrected chi connectivity index (χ0v) is 11.1. The fourth-order valence-corrected chi connectivity index (χ4v) is 1.71. The molecule has 2 aromatic rings. The Balaban J connectivity index is 2.06. The molecule has 3 nitrogen and oxygen atoms in total. The SMILES string of the molecule is CCOc1ccc(OC(=O)c2cccc(C)c2)cc1. The lowest BCUT2D eigenvalue weighted by Gasteiger charge is -2.06. The van der Waals surface area contributed by atoms with Crippen molar-refractivity contribution in [2.24, 2.45) is 0 Å². The number of aryl methyl sites for hydroxylation is 1. The van der Waals surface area contributed by atoms with Gasteiger partial charge in [-0.25, -0.2) is 4.79 Å². The third kappa shape index (κ3) is 3.58. The summed E-state index contributed by atoms with van der Waals surface area (Å²) >= 11 is 0. The van der Waals surface area contributed by atoms with Gasteiger partial charge in [-0.1, -0.05) is 17.7 Å². The first-order valence-electron chi connectivity index (χ1n) is 6.21. The lowest BCUT2D eigenvalue weighted by atomic mass is 10.1. The molecule has 0 radical (unpaired) electrons. The lowest BCUT2D eigenvalue weighted by molar-refractivity contribution is 0.0734. The first kappa shape index (κ1) is 13.1. The number of rotatable bonds is 4. The quantitative estimate of drug-likeness (QED) is 0.619. The molecule has 0 amide bonds. The summed E-state index contributed by atoms with van der Waals surface area (Å²) in [5, 5.41) is 0. The Morgan fingerprint density at radius 3 is 2.37 bits per heavy atom. The van der Waals surface area contributed by atoms with Gasteiger partial charge < -0.3 is 9.47 Å². The molecule has 0 heterocycles. The van der Waals surface area contributed by atoms with Crippen molar-refractivity contribution in [3.63, 3.8) is 0 Å². The highest BCUT2D eigenvalue weighted by Crippen LogP contribution is 2.18. The van der Waals surface area contributed by atoms with Crippen LogP contribution in [0.4, 0.5) is 0 Å². The van der Waals surface area contributed by atoms with Crippen molar-refractivity contribution in [2.45, 2.75) is 13.8 Å². The number of carbonyl (C=O) groups excluding carboxylic acids is 1. The molecular weight excluding hydrogens is 240 g/mol. The molecule has 2 aromatic carbocycles. The van der Waals surface area contributed by atoms with E-state index < -0.39 is 0 Å². The Bertz CT molecular complexity index is 558. The first-order valence-corrected chi connectivity index (χ1v) is 6.21. The predicted molar refractivity (Wildman–Crippen MR) is 73.7 cm³/mol. The van der Waals surface area contributed by atoms with Crippen LogP contribution < -0.4 is 9.47 Å². The third-order valence-electron chi connectivity index (χ3n) is 2.60. The van der Waals surface area contributed by atoms with E-state index in [2.05, 4.69) is 0 Å². The topological polar surface area (TPSA) is 35.5 Å². The van der Waals surface area contributed by atoms with Gasteiger partial charge in [0.2, 0.25) is 0 Å². The van der Waals surface area contributed by atoms with Gasteiger partial charge in [-0.3, -0.25) is 0 Å². The first-order chi connectivity index (χ1) is 9.19. The van der Waals surface area contributed by atoms with Gasteiger partial charge in [0, 0.05) is 0 Å². The number of hydrogen-bond donors (Lipinski definition) is 0. The van der Waals surface area contributed by atoms with Gasteiger partial charge in [0.25, 0.3) is 0 Å². The zero-order valence-electron chi connectivity index (χ0n) is 11.1. The summed E-state index contributed by atoms with van der Waals surface area (Å²) in [6.07, 6.45) is 0. The van der Waals surface area contributed by atoms with Crippen LogP contribution in [0.3, 0.4) is 0 Å². The van der Waals surface area contributed by atoms with Crippen molar-refractivity contribution in [3.8, 4) is 11.5 Å². The van der Waals surface area contributed by atoms with E-state index in [-0.39, 0.29) is 5.97 Å². The minimum absolute atomic E-state index is 0.354. The maximum absolute atomic E-state index is 11.9. The summed E-state index contributed by atoms with van der Waals surface area (Å²) in [4.78, 5) is 11.9. The Labute approximate surface area is 112 Å². The van der Waals surface area contributed by atoms with E-state index in [0.29, 0.717) is 17.9 Å². The molecule has 3 heteroatoms. The van der Waals surface area contributed by atoms with E-state index in [1.807, 2.05) is 26.0 Å². The summed E-state index contributed by atoms with van der Waals surface area (Å²) in [6.45, 7) is 4.47. The van der Waals surface area contributed by atoms with Crippen LogP contribution in [0.15, 0.2) is 48.5 Å². The lowest BCUT2D eigenvalue weighted by Crippen LogP contribution is -2.08. The molecule has 0 atom stereocenters. The number of benzene rings is 2. The van der Waals surface area contributed by atoms with Gasteiger partial charge in [-0.2, -0.15) is 0 Å². The van der Waals surface area contributed by atoms with Crippen LogP contribution in [0.2, 0.25) is 0 Å². The molecular formula is C16H16O3. The minimum Gasteiger partial charge on any atom is -0.494 e. The van der Waals surface area contributed by atoms with E-state index in [0.717, 1.165) is 11.3 Å². The Kier molecular flexibility index (Phi) is 4.18. The highest BCUT2D eigenvalue weighted by molar-refractivity contribution is 5.91. The van der Waals surface area contributed by atoms with E-state index in [1.165, 1.54) is 0 Å². The minimum atomic E-state index is -0.354. The molecule has 98 valence electrons. The Morgan fingerprint density at radius 1 is 1.05 bits per heavy atom. The molecule has 0 saturated carbocycles. The van der Waals surface area contributed by atoms with Gasteiger partial charge in [0.1, 0.15) is 11.5 Å². The van der Waals surface area contributed by atoms with Crippen LogP contribution in [0.1, 0.15) is 22.8 Å². The summed E-state index contributed by atoms with van der Waals surface area (Å²) in [7, 11) is 0. The number of carbonyl (C=O) groups is 1. The zero-order chi connectivity index (χ0) is 13.7. The van der Waals surface area contributed by atoms with E-state index in [4.69, 9.17) is 9.47 Å². The maximum atomic E-state index is 11.9. The molecule has 0 aliphatic heterocycles. The van der Waals surface area contributed by atoms with E-state index in [1.54, 1.807) is 36.4 Å². The van der Waals surface area contributed by atoms with Crippen molar-refractivity contribution in [2.75, 3.05) is 6.61 Å². The van der Waals surface area contributed by atoms with Gasteiger partial charge in [-0.15, -0.1) is 0 Å². The number of esters is 1. The van der Waals surface area contributed by atoms with Gasteiger partial charge in [0.05, 0.1) is 12.2 Å². The van der Waals surface area contributed by atoms with Crippen molar-refractivity contribution in [1.29, 1.82) is 0 Å². The van der Waals surface area contributed by atoms with Crippen LogP contribution >= 0.6 is 0 Å². The Morgan fingerprint density at radius 2 is 1.74 bits per heavy atom. The average Bonchev–Trinajstić information content (AvgIpc) is 2.41. The van der Waals surface area contributed by atoms with Gasteiger partial charge >= 0.3 is 5.97 Å². The molecule has 0 aliphatic rings. The molecule has 0 bridgehead atoms. The monoisotopic (exact) mass is 256 g/mol. The van der Waals surface area contributed by atoms with Crippen molar-refractivity contribution < 1.29 is 14.3 Å². The fourth-order valence-electron chi connectivity index (χ4n) is 1.71.